The van der Waals surface area contributed by atoms with Gasteiger partial charge >= 0.3 is 0 Å². The summed E-state index contributed by atoms with van der Waals surface area (Å²) in [4.78, 5) is 12.5. The van der Waals surface area contributed by atoms with Crippen LogP contribution in [0.2, 0.25) is 0 Å². The van der Waals surface area contributed by atoms with E-state index in [2.05, 4.69) is 41.5 Å². The fourth-order valence-corrected chi connectivity index (χ4v) is 9.74. The molecule has 0 saturated heterocycles. The summed E-state index contributed by atoms with van der Waals surface area (Å²) < 4.78 is 0. The van der Waals surface area contributed by atoms with Crippen LogP contribution < -0.4 is 0 Å². The summed E-state index contributed by atoms with van der Waals surface area (Å²) in [5, 5.41) is 0. The lowest BCUT2D eigenvalue weighted by atomic mass is 9.38. The highest BCUT2D eigenvalue weighted by molar-refractivity contribution is 5.91. The number of hydrogen-bond donors (Lipinski definition) is 0. The molecular weight excluding hydrogens is 352 g/mol. The standard InChI is InChI=1S/C28H44O/c1-18-15-19(29)16-23-21-8-12-28(6)22(20(21)7-11-27(18,23)5)9-10-26(4)14-13-25(2,3)17-24(26)28/h15,20-24H,7-14,16-17H2,1-6H3/t20-,21+,22+,23-,24+,26-,27+,28+/m0/s1. The number of fused-ring (bicyclic) bond motifs is 7. The molecule has 0 aromatic carbocycles. The highest BCUT2D eigenvalue weighted by Crippen LogP contribution is 2.71. The van der Waals surface area contributed by atoms with Crippen molar-refractivity contribution in [2.24, 2.45) is 51.2 Å². The van der Waals surface area contributed by atoms with Crippen molar-refractivity contribution in [3.8, 4) is 0 Å². The van der Waals surface area contributed by atoms with Crippen molar-refractivity contribution in [3.63, 3.8) is 0 Å². The van der Waals surface area contributed by atoms with Crippen LogP contribution in [0.25, 0.3) is 0 Å². The molecular formula is C28H44O. The summed E-state index contributed by atoms with van der Waals surface area (Å²) in [5.41, 5.74) is 3.31. The summed E-state index contributed by atoms with van der Waals surface area (Å²) in [5.74, 6) is 4.49. The van der Waals surface area contributed by atoms with Crippen LogP contribution in [0.3, 0.4) is 0 Å². The van der Waals surface area contributed by atoms with E-state index in [1.165, 1.54) is 63.4 Å². The summed E-state index contributed by atoms with van der Waals surface area (Å²) in [7, 11) is 0. The van der Waals surface area contributed by atoms with Gasteiger partial charge in [-0.25, -0.2) is 0 Å². The first kappa shape index (κ1) is 20.3. The number of carbonyl (C=O) groups excluding carboxylic acids is 1. The molecule has 0 unspecified atom stereocenters. The molecule has 5 rings (SSSR count). The summed E-state index contributed by atoms with van der Waals surface area (Å²) in [6, 6.07) is 0. The normalized spacial score (nSPS) is 53.8. The van der Waals surface area contributed by atoms with Crippen LogP contribution in [0.5, 0.6) is 0 Å². The minimum atomic E-state index is 0.291. The van der Waals surface area contributed by atoms with Gasteiger partial charge < -0.3 is 0 Å². The van der Waals surface area contributed by atoms with E-state index in [0.717, 1.165) is 30.1 Å². The SMILES string of the molecule is CC1=CC(=O)C[C@H]2[C@@H]3CC[C@]4(C)[C@H](CC[C@@]5(C)CCC(C)(C)C[C@H]54)[C@H]3CC[C@]12C. The molecule has 4 saturated carbocycles. The van der Waals surface area contributed by atoms with Crippen LogP contribution in [-0.4, -0.2) is 5.78 Å². The zero-order chi connectivity index (χ0) is 20.8. The third kappa shape index (κ3) is 2.81. The number of allylic oxidation sites excluding steroid dienone is 2. The lowest BCUT2D eigenvalue weighted by Crippen LogP contribution is -2.59. The first-order chi connectivity index (χ1) is 13.5. The van der Waals surface area contributed by atoms with Gasteiger partial charge in [-0.2, -0.15) is 0 Å². The molecule has 1 heteroatoms. The van der Waals surface area contributed by atoms with Crippen molar-refractivity contribution in [1.82, 2.24) is 0 Å². The maximum Gasteiger partial charge on any atom is 0.155 e. The van der Waals surface area contributed by atoms with Gasteiger partial charge in [-0.15, -0.1) is 0 Å². The summed E-state index contributed by atoms with van der Waals surface area (Å²) in [6.45, 7) is 15.1. The second-order valence-corrected chi connectivity index (χ2v) is 13.7. The van der Waals surface area contributed by atoms with Gasteiger partial charge in [-0.05, 0) is 122 Å². The quantitative estimate of drug-likeness (QED) is 0.412. The molecule has 0 spiro atoms. The zero-order valence-electron chi connectivity index (χ0n) is 19.9. The molecule has 5 aliphatic rings. The Labute approximate surface area is 179 Å². The van der Waals surface area contributed by atoms with Gasteiger partial charge in [-0.3, -0.25) is 4.79 Å². The van der Waals surface area contributed by atoms with E-state index in [4.69, 9.17) is 0 Å². The topological polar surface area (TPSA) is 17.1 Å². The van der Waals surface area contributed by atoms with Gasteiger partial charge in [0.15, 0.2) is 5.78 Å². The maximum absolute atomic E-state index is 12.5. The Bertz CT molecular complexity index is 745. The van der Waals surface area contributed by atoms with Crippen molar-refractivity contribution >= 4 is 5.78 Å². The molecule has 8 atom stereocenters. The molecule has 0 N–H and O–H groups in total. The van der Waals surface area contributed by atoms with E-state index >= 15 is 0 Å². The fourth-order valence-electron chi connectivity index (χ4n) is 9.74. The summed E-state index contributed by atoms with van der Waals surface area (Å²) in [6.07, 6.45) is 15.5. The van der Waals surface area contributed by atoms with Crippen LogP contribution in [0.1, 0.15) is 106 Å². The van der Waals surface area contributed by atoms with E-state index in [1.54, 1.807) is 0 Å². The first-order valence-corrected chi connectivity index (χ1v) is 12.7. The Hall–Kier alpha value is -0.590. The average molecular weight is 397 g/mol. The molecule has 29 heavy (non-hydrogen) atoms. The number of carbonyl (C=O) groups is 1. The van der Waals surface area contributed by atoms with Gasteiger partial charge in [0.1, 0.15) is 0 Å². The molecule has 0 aromatic heterocycles. The van der Waals surface area contributed by atoms with Gasteiger partial charge in [0.2, 0.25) is 0 Å². The Kier molecular flexibility index (Phi) is 4.36. The smallest absolute Gasteiger partial charge is 0.155 e. The van der Waals surface area contributed by atoms with Gasteiger partial charge in [0.25, 0.3) is 0 Å². The Morgan fingerprint density at radius 1 is 0.828 bits per heavy atom. The van der Waals surface area contributed by atoms with Crippen LogP contribution in [-0.2, 0) is 4.79 Å². The third-order valence-corrected chi connectivity index (χ3v) is 11.8. The van der Waals surface area contributed by atoms with Crippen molar-refractivity contribution in [1.29, 1.82) is 0 Å². The molecule has 5 aliphatic carbocycles. The van der Waals surface area contributed by atoms with E-state index < -0.39 is 0 Å². The van der Waals surface area contributed by atoms with Crippen molar-refractivity contribution < 1.29 is 4.79 Å². The third-order valence-electron chi connectivity index (χ3n) is 11.8. The molecule has 1 nitrogen and oxygen atoms in total. The van der Waals surface area contributed by atoms with Crippen LogP contribution >= 0.6 is 0 Å². The monoisotopic (exact) mass is 396 g/mol. The first-order valence-electron chi connectivity index (χ1n) is 12.7. The Balaban J connectivity index is 1.47. The van der Waals surface area contributed by atoms with Crippen molar-refractivity contribution in [2.75, 3.05) is 0 Å². The van der Waals surface area contributed by atoms with Crippen molar-refractivity contribution in [3.05, 3.63) is 11.6 Å². The molecule has 0 heterocycles. The summed E-state index contributed by atoms with van der Waals surface area (Å²) >= 11 is 0. The minimum absolute atomic E-state index is 0.291. The minimum Gasteiger partial charge on any atom is -0.295 e. The largest absolute Gasteiger partial charge is 0.295 e. The van der Waals surface area contributed by atoms with Gasteiger partial charge in [-0.1, -0.05) is 40.2 Å². The predicted molar refractivity (Wildman–Crippen MR) is 120 cm³/mol. The fraction of sp³-hybridized carbons (Fsp3) is 0.893. The molecule has 0 aromatic rings. The predicted octanol–water partition coefficient (Wildman–Crippen LogP) is 7.60. The van der Waals surface area contributed by atoms with E-state index in [1.807, 2.05) is 6.08 Å². The second kappa shape index (κ2) is 6.23. The Morgan fingerprint density at radius 2 is 1.52 bits per heavy atom. The molecule has 0 amide bonds. The molecule has 0 aliphatic heterocycles. The second-order valence-electron chi connectivity index (χ2n) is 13.7. The lowest BCUT2D eigenvalue weighted by molar-refractivity contribution is -0.175. The molecule has 162 valence electrons. The number of rotatable bonds is 0. The maximum atomic E-state index is 12.5. The van der Waals surface area contributed by atoms with E-state index in [9.17, 15) is 4.79 Å². The number of ketones is 1. The van der Waals surface area contributed by atoms with Crippen LogP contribution in [0.4, 0.5) is 0 Å². The molecule has 4 fully saturated rings. The zero-order valence-corrected chi connectivity index (χ0v) is 19.9. The Morgan fingerprint density at radius 3 is 2.28 bits per heavy atom. The molecule has 0 radical (unpaired) electrons. The van der Waals surface area contributed by atoms with Gasteiger partial charge in [0.05, 0.1) is 0 Å². The van der Waals surface area contributed by atoms with Gasteiger partial charge in [0, 0.05) is 6.42 Å². The number of hydrogen-bond acceptors (Lipinski definition) is 1. The molecule has 0 bridgehead atoms. The average Bonchev–Trinajstić information content (AvgIpc) is 2.64. The van der Waals surface area contributed by atoms with E-state index in [0.29, 0.717) is 33.4 Å². The highest BCUT2D eigenvalue weighted by Gasteiger charge is 2.62. The van der Waals surface area contributed by atoms with Crippen LogP contribution in [0.15, 0.2) is 11.6 Å². The van der Waals surface area contributed by atoms with E-state index in [-0.39, 0.29) is 0 Å². The van der Waals surface area contributed by atoms with Crippen LogP contribution in [0, 0.1) is 51.2 Å². The van der Waals surface area contributed by atoms with Crippen molar-refractivity contribution in [2.45, 2.75) is 106 Å². The highest BCUT2D eigenvalue weighted by atomic mass is 16.1. The lowest BCUT2D eigenvalue weighted by Gasteiger charge is -2.67.